The molecule has 0 aliphatic heterocycles. The number of nitrogens with one attached hydrogen (secondary N) is 1. The van der Waals surface area contributed by atoms with Gasteiger partial charge in [-0.15, -0.1) is 0 Å². The van der Waals surface area contributed by atoms with E-state index in [1.54, 1.807) is 62.6 Å². The van der Waals surface area contributed by atoms with Crippen molar-refractivity contribution in [3.63, 3.8) is 0 Å². The number of methoxy groups -OCH3 is 3. The summed E-state index contributed by atoms with van der Waals surface area (Å²) in [5.41, 5.74) is 1.09. The Balaban J connectivity index is 1.82. The first kappa shape index (κ1) is 27.7. The molecule has 0 radical (unpaired) electrons. The third-order valence-corrected chi connectivity index (χ3v) is 7.29. The van der Waals surface area contributed by atoms with Crippen molar-refractivity contribution in [2.24, 2.45) is 0 Å². The van der Waals surface area contributed by atoms with Gasteiger partial charge in [-0.3, -0.25) is 9.10 Å². The van der Waals surface area contributed by atoms with Crippen LogP contribution in [-0.2, 0) is 14.8 Å². The number of amides is 1. The predicted molar refractivity (Wildman–Crippen MR) is 141 cm³/mol. The molecule has 37 heavy (non-hydrogen) atoms. The molecule has 0 aliphatic carbocycles. The summed E-state index contributed by atoms with van der Waals surface area (Å²) in [5.74, 6) is 1.51. The van der Waals surface area contributed by atoms with Crippen LogP contribution in [0.1, 0.15) is 12.5 Å². The second-order valence-corrected chi connectivity index (χ2v) is 10.2. The van der Waals surface area contributed by atoms with Gasteiger partial charge in [0.2, 0.25) is 5.91 Å². The van der Waals surface area contributed by atoms with E-state index in [2.05, 4.69) is 5.32 Å². The number of rotatable bonds is 12. The summed E-state index contributed by atoms with van der Waals surface area (Å²) in [5, 5.41) is 2.80. The third-order valence-electron chi connectivity index (χ3n) is 5.52. The second kappa shape index (κ2) is 12.4. The van der Waals surface area contributed by atoms with Gasteiger partial charge in [0.05, 0.1) is 38.0 Å². The number of ether oxygens (including phenoxy) is 4. The van der Waals surface area contributed by atoms with E-state index >= 15 is 0 Å². The lowest BCUT2D eigenvalue weighted by molar-refractivity contribution is -0.120. The third kappa shape index (κ3) is 7.07. The van der Waals surface area contributed by atoms with Gasteiger partial charge in [0, 0.05) is 6.07 Å². The molecular weight excluding hydrogens is 496 g/mol. The highest BCUT2D eigenvalue weighted by Gasteiger charge is 2.30. The summed E-state index contributed by atoms with van der Waals surface area (Å²) in [6.45, 7) is 3.34. The van der Waals surface area contributed by atoms with E-state index in [1.807, 2.05) is 6.92 Å². The lowest BCUT2D eigenvalue weighted by atomic mass is 10.2. The molecule has 1 unspecified atom stereocenters. The van der Waals surface area contributed by atoms with E-state index in [4.69, 9.17) is 18.9 Å². The van der Waals surface area contributed by atoms with Crippen LogP contribution in [0.3, 0.4) is 0 Å². The maximum atomic E-state index is 13.7. The average molecular weight is 529 g/mol. The highest BCUT2D eigenvalue weighted by molar-refractivity contribution is 7.92. The Morgan fingerprint density at radius 2 is 1.46 bits per heavy atom. The van der Waals surface area contributed by atoms with Crippen molar-refractivity contribution in [2.45, 2.75) is 24.8 Å². The quantitative estimate of drug-likeness (QED) is 0.381. The molecular formula is C27H32N2O7S. The monoisotopic (exact) mass is 528 g/mol. The molecule has 3 aromatic rings. The van der Waals surface area contributed by atoms with Crippen molar-refractivity contribution in [1.29, 1.82) is 0 Å². The van der Waals surface area contributed by atoms with Gasteiger partial charge in [-0.05, 0) is 62.4 Å². The Labute approximate surface area is 218 Å². The lowest BCUT2D eigenvalue weighted by Crippen LogP contribution is -2.45. The number of carbonyl (C=O) groups excluding carboxylic acids is 1. The Morgan fingerprint density at radius 1 is 0.865 bits per heavy atom. The van der Waals surface area contributed by atoms with E-state index in [1.165, 1.54) is 32.4 Å². The van der Waals surface area contributed by atoms with Gasteiger partial charge in [-0.1, -0.05) is 17.7 Å². The number of anilines is 1. The Morgan fingerprint density at radius 3 is 2.05 bits per heavy atom. The SMILES string of the molecule is COc1ccc(OCC(C)NC(=O)CN(c2cc(OC)ccc2OC)S(=O)(=O)c2ccc(C)cc2)cc1. The van der Waals surface area contributed by atoms with Gasteiger partial charge in [0.1, 0.15) is 36.1 Å². The summed E-state index contributed by atoms with van der Waals surface area (Å²) in [4.78, 5) is 13.1. The van der Waals surface area contributed by atoms with Crippen molar-refractivity contribution in [3.8, 4) is 23.0 Å². The van der Waals surface area contributed by atoms with Crippen LogP contribution in [0.15, 0.2) is 71.6 Å². The molecule has 198 valence electrons. The zero-order valence-corrected chi connectivity index (χ0v) is 22.4. The molecule has 0 fully saturated rings. The van der Waals surface area contributed by atoms with Gasteiger partial charge in [0.15, 0.2) is 0 Å². The first-order valence-corrected chi connectivity index (χ1v) is 13.0. The molecule has 1 amide bonds. The molecule has 0 spiro atoms. The van der Waals surface area contributed by atoms with Gasteiger partial charge in [-0.25, -0.2) is 8.42 Å². The van der Waals surface area contributed by atoms with Crippen LogP contribution in [0.25, 0.3) is 0 Å². The maximum Gasteiger partial charge on any atom is 0.264 e. The van der Waals surface area contributed by atoms with Crippen LogP contribution in [0, 0.1) is 6.92 Å². The Bertz CT molecular complexity index is 1290. The summed E-state index contributed by atoms with van der Waals surface area (Å²) >= 11 is 0. The predicted octanol–water partition coefficient (Wildman–Crippen LogP) is 3.80. The Hall–Kier alpha value is -3.92. The number of benzene rings is 3. The van der Waals surface area contributed by atoms with Crippen molar-refractivity contribution < 1.29 is 32.2 Å². The molecule has 3 rings (SSSR count). The fourth-order valence-corrected chi connectivity index (χ4v) is 4.94. The summed E-state index contributed by atoms with van der Waals surface area (Å²) in [6, 6.07) is 17.9. The molecule has 9 nitrogen and oxygen atoms in total. The largest absolute Gasteiger partial charge is 0.497 e. The van der Waals surface area contributed by atoms with Crippen molar-refractivity contribution in [3.05, 3.63) is 72.3 Å². The number of nitrogens with zero attached hydrogens (tertiary/aromatic N) is 1. The fourth-order valence-electron chi connectivity index (χ4n) is 3.51. The van der Waals surface area contributed by atoms with E-state index in [9.17, 15) is 13.2 Å². The zero-order chi connectivity index (χ0) is 27.0. The van der Waals surface area contributed by atoms with Gasteiger partial charge in [-0.2, -0.15) is 0 Å². The molecule has 0 aliphatic rings. The smallest absolute Gasteiger partial charge is 0.264 e. The van der Waals surface area contributed by atoms with Gasteiger partial charge in [0.25, 0.3) is 10.0 Å². The van der Waals surface area contributed by atoms with Gasteiger partial charge >= 0.3 is 0 Å². The van der Waals surface area contributed by atoms with E-state index < -0.39 is 28.5 Å². The normalized spacial score (nSPS) is 11.8. The molecule has 0 saturated heterocycles. The summed E-state index contributed by atoms with van der Waals surface area (Å²) < 4.78 is 50.0. The standard InChI is InChI=1S/C27H32N2O7S/c1-19-6-13-24(14-7-19)37(31,32)29(25-16-23(34-4)12-15-26(25)35-5)17-27(30)28-20(2)18-36-22-10-8-21(33-3)9-11-22/h6-16,20H,17-18H2,1-5H3,(H,28,30). The topological polar surface area (TPSA) is 103 Å². The molecule has 0 bridgehead atoms. The van der Waals surface area contributed by atoms with Crippen molar-refractivity contribution in [1.82, 2.24) is 5.32 Å². The van der Waals surface area contributed by atoms with Crippen molar-refractivity contribution in [2.75, 3.05) is 38.8 Å². The summed E-state index contributed by atoms with van der Waals surface area (Å²) in [6.07, 6.45) is 0. The molecule has 3 aromatic carbocycles. The number of hydrogen-bond donors (Lipinski definition) is 1. The first-order valence-electron chi connectivity index (χ1n) is 11.6. The van der Waals surface area contributed by atoms with Crippen LogP contribution < -0.4 is 28.6 Å². The van der Waals surface area contributed by atoms with Gasteiger partial charge < -0.3 is 24.3 Å². The minimum atomic E-state index is -4.13. The van der Waals surface area contributed by atoms with E-state index in [0.717, 1.165) is 9.87 Å². The number of aryl methyl sites for hydroxylation is 1. The van der Waals surface area contributed by atoms with Crippen LogP contribution in [0.4, 0.5) is 5.69 Å². The van der Waals surface area contributed by atoms with Crippen LogP contribution in [-0.4, -0.2) is 54.8 Å². The molecule has 1 atom stereocenters. The highest BCUT2D eigenvalue weighted by atomic mass is 32.2. The minimum Gasteiger partial charge on any atom is -0.497 e. The minimum absolute atomic E-state index is 0.0478. The number of carbonyl (C=O) groups is 1. The lowest BCUT2D eigenvalue weighted by Gasteiger charge is -2.27. The number of hydrogen-bond acceptors (Lipinski definition) is 7. The van der Waals surface area contributed by atoms with Crippen LogP contribution in [0.2, 0.25) is 0 Å². The second-order valence-electron chi connectivity index (χ2n) is 8.32. The average Bonchev–Trinajstić information content (AvgIpc) is 2.90. The molecule has 1 N–H and O–H groups in total. The molecule has 0 heterocycles. The maximum absolute atomic E-state index is 13.7. The van der Waals surface area contributed by atoms with E-state index in [-0.39, 0.29) is 22.9 Å². The molecule has 0 saturated carbocycles. The highest BCUT2D eigenvalue weighted by Crippen LogP contribution is 2.35. The van der Waals surface area contributed by atoms with E-state index in [0.29, 0.717) is 17.2 Å². The van der Waals surface area contributed by atoms with Crippen LogP contribution in [0.5, 0.6) is 23.0 Å². The Kier molecular flexibility index (Phi) is 9.24. The fraction of sp³-hybridized carbons (Fsp3) is 0.296. The first-order chi connectivity index (χ1) is 17.7. The zero-order valence-electron chi connectivity index (χ0n) is 21.6. The molecule has 10 heteroatoms. The summed E-state index contributed by atoms with van der Waals surface area (Å²) in [7, 11) is 0.358. The molecule has 0 aromatic heterocycles. The van der Waals surface area contributed by atoms with Crippen molar-refractivity contribution >= 4 is 21.6 Å². The van der Waals surface area contributed by atoms with Crippen LogP contribution >= 0.6 is 0 Å². The number of sulfonamides is 1.